The lowest BCUT2D eigenvalue weighted by Crippen LogP contribution is -2.27. The first-order valence-electron chi connectivity index (χ1n) is 4.97. The third kappa shape index (κ3) is 0.618. The van der Waals surface area contributed by atoms with E-state index in [1.54, 1.807) is 6.42 Å². The van der Waals surface area contributed by atoms with Crippen LogP contribution in [0, 0.1) is 23.7 Å². The molecule has 2 saturated carbocycles. The first kappa shape index (κ1) is 6.47. The SMILES string of the molecule is CC1C2CC3C1CN(C)C3C2. The Labute approximate surface area is 68.8 Å². The van der Waals surface area contributed by atoms with E-state index in [1.807, 2.05) is 0 Å². The number of likely N-dealkylation sites (tertiary alicyclic amines) is 1. The van der Waals surface area contributed by atoms with Crippen LogP contribution in [0.1, 0.15) is 19.8 Å². The summed E-state index contributed by atoms with van der Waals surface area (Å²) in [7, 11) is 2.32. The first-order valence-corrected chi connectivity index (χ1v) is 4.97. The molecule has 1 saturated heterocycles. The van der Waals surface area contributed by atoms with E-state index in [2.05, 4.69) is 18.9 Å². The largest absolute Gasteiger partial charge is 0.303 e. The second-order valence-electron chi connectivity index (χ2n) is 4.93. The predicted octanol–water partition coefficient (Wildman–Crippen LogP) is 1.59. The van der Waals surface area contributed by atoms with Gasteiger partial charge in [0, 0.05) is 12.6 Å². The van der Waals surface area contributed by atoms with Crippen LogP contribution in [0.15, 0.2) is 0 Å². The molecule has 0 amide bonds. The summed E-state index contributed by atoms with van der Waals surface area (Å²) in [6, 6.07) is 0.987. The molecule has 1 nitrogen and oxygen atoms in total. The lowest BCUT2D eigenvalue weighted by atomic mass is 9.82. The lowest BCUT2D eigenvalue weighted by Gasteiger charge is -2.24. The number of rotatable bonds is 0. The summed E-state index contributed by atoms with van der Waals surface area (Å²) in [5, 5.41) is 0. The lowest BCUT2D eigenvalue weighted by molar-refractivity contribution is 0.257. The summed E-state index contributed by atoms with van der Waals surface area (Å²) in [6.45, 7) is 3.87. The molecule has 0 aromatic carbocycles. The highest BCUT2D eigenvalue weighted by molar-refractivity contribution is 5.07. The van der Waals surface area contributed by atoms with Crippen molar-refractivity contribution in [1.82, 2.24) is 4.90 Å². The molecule has 3 aliphatic rings. The molecular weight excluding hydrogens is 134 g/mol. The molecule has 5 unspecified atom stereocenters. The number of hydrogen-bond acceptors (Lipinski definition) is 1. The molecule has 0 N–H and O–H groups in total. The Hall–Kier alpha value is -0.0400. The Kier molecular flexibility index (Phi) is 1.07. The van der Waals surface area contributed by atoms with Crippen molar-refractivity contribution in [1.29, 1.82) is 0 Å². The van der Waals surface area contributed by atoms with Gasteiger partial charge in [0.2, 0.25) is 0 Å². The van der Waals surface area contributed by atoms with Crippen molar-refractivity contribution in [3.05, 3.63) is 0 Å². The van der Waals surface area contributed by atoms with E-state index in [4.69, 9.17) is 0 Å². The van der Waals surface area contributed by atoms with Crippen LogP contribution >= 0.6 is 0 Å². The zero-order chi connectivity index (χ0) is 7.59. The maximum atomic E-state index is 2.61. The summed E-state index contributed by atoms with van der Waals surface area (Å²) in [5.41, 5.74) is 0. The molecular formula is C10H17N. The third-order valence-corrected chi connectivity index (χ3v) is 4.65. The molecule has 3 fully saturated rings. The standard InChI is InChI=1S/C10H17N/c1-6-7-3-8-9(6)5-11(2)10(8)4-7/h6-10H,3-5H2,1-2H3. The van der Waals surface area contributed by atoms with Crippen molar-refractivity contribution in [3.63, 3.8) is 0 Å². The topological polar surface area (TPSA) is 3.24 Å². The minimum Gasteiger partial charge on any atom is -0.303 e. The van der Waals surface area contributed by atoms with Crippen LogP contribution in [0.4, 0.5) is 0 Å². The molecule has 0 aromatic heterocycles. The van der Waals surface area contributed by atoms with Gasteiger partial charge in [0.05, 0.1) is 0 Å². The van der Waals surface area contributed by atoms with Crippen LogP contribution in [0.3, 0.4) is 0 Å². The fourth-order valence-corrected chi connectivity index (χ4v) is 3.99. The second-order valence-corrected chi connectivity index (χ2v) is 4.93. The average molecular weight is 151 g/mol. The van der Waals surface area contributed by atoms with E-state index in [0.717, 1.165) is 29.7 Å². The minimum absolute atomic E-state index is 0.987. The van der Waals surface area contributed by atoms with Crippen LogP contribution in [-0.4, -0.2) is 24.5 Å². The molecule has 2 bridgehead atoms. The molecule has 2 aliphatic carbocycles. The van der Waals surface area contributed by atoms with Gasteiger partial charge in [-0.2, -0.15) is 0 Å². The van der Waals surface area contributed by atoms with Crippen molar-refractivity contribution in [2.45, 2.75) is 25.8 Å². The summed E-state index contributed by atoms with van der Waals surface area (Å²) >= 11 is 0. The van der Waals surface area contributed by atoms with Gasteiger partial charge in [0.1, 0.15) is 0 Å². The van der Waals surface area contributed by atoms with Gasteiger partial charge in [-0.3, -0.25) is 0 Å². The summed E-state index contributed by atoms with van der Waals surface area (Å²) < 4.78 is 0. The van der Waals surface area contributed by atoms with Crippen molar-refractivity contribution >= 4 is 0 Å². The van der Waals surface area contributed by atoms with Crippen LogP contribution in [-0.2, 0) is 0 Å². The highest BCUT2D eigenvalue weighted by atomic mass is 15.2. The third-order valence-electron chi connectivity index (χ3n) is 4.65. The zero-order valence-corrected chi connectivity index (χ0v) is 7.46. The second kappa shape index (κ2) is 1.82. The molecule has 0 spiro atoms. The smallest absolute Gasteiger partial charge is 0.0127 e. The van der Waals surface area contributed by atoms with Gasteiger partial charge < -0.3 is 4.90 Å². The highest BCUT2D eigenvalue weighted by Gasteiger charge is 2.56. The Morgan fingerprint density at radius 2 is 2.00 bits per heavy atom. The summed E-state index contributed by atoms with van der Waals surface area (Å²) in [5.74, 6) is 4.31. The van der Waals surface area contributed by atoms with Crippen LogP contribution in [0.5, 0.6) is 0 Å². The Balaban J connectivity index is 1.98. The molecule has 5 atom stereocenters. The molecule has 0 radical (unpaired) electrons. The van der Waals surface area contributed by atoms with Gasteiger partial charge in [-0.15, -0.1) is 0 Å². The predicted molar refractivity (Wildman–Crippen MR) is 45.3 cm³/mol. The molecule has 0 aromatic rings. The first-order chi connectivity index (χ1) is 5.27. The van der Waals surface area contributed by atoms with E-state index in [-0.39, 0.29) is 0 Å². The van der Waals surface area contributed by atoms with Crippen molar-refractivity contribution in [2.75, 3.05) is 13.6 Å². The number of fused-ring (bicyclic) bond motifs is 1. The van der Waals surface area contributed by atoms with E-state index in [1.165, 1.54) is 13.0 Å². The zero-order valence-electron chi connectivity index (χ0n) is 7.46. The van der Waals surface area contributed by atoms with Crippen LogP contribution in [0.2, 0.25) is 0 Å². The number of nitrogens with zero attached hydrogens (tertiary/aromatic N) is 1. The average Bonchev–Trinajstić information content (AvgIpc) is 2.53. The molecule has 1 heteroatoms. The van der Waals surface area contributed by atoms with E-state index >= 15 is 0 Å². The van der Waals surface area contributed by atoms with Gasteiger partial charge in [-0.05, 0) is 43.6 Å². The Bertz CT molecular complexity index is 189. The van der Waals surface area contributed by atoms with E-state index in [9.17, 15) is 0 Å². The van der Waals surface area contributed by atoms with Gasteiger partial charge in [0.15, 0.2) is 0 Å². The van der Waals surface area contributed by atoms with E-state index < -0.39 is 0 Å². The van der Waals surface area contributed by atoms with E-state index in [0.29, 0.717) is 0 Å². The fraction of sp³-hybridized carbons (Fsp3) is 1.00. The van der Waals surface area contributed by atoms with Crippen molar-refractivity contribution in [2.24, 2.45) is 23.7 Å². The Morgan fingerprint density at radius 3 is 2.64 bits per heavy atom. The minimum atomic E-state index is 0.987. The highest BCUT2D eigenvalue weighted by Crippen LogP contribution is 2.57. The van der Waals surface area contributed by atoms with Crippen molar-refractivity contribution < 1.29 is 0 Å². The normalized spacial score (nSPS) is 61.1. The number of hydrogen-bond donors (Lipinski definition) is 0. The van der Waals surface area contributed by atoms with Gasteiger partial charge in [0.25, 0.3) is 0 Å². The van der Waals surface area contributed by atoms with Gasteiger partial charge >= 0.3 is 0 Å². The molecule has 3 rings (SSSR count). The maximum absolute atomic E-state index is 2.61. The fourth-order valence-electron chi connectivity index (χ4n) is 3.99. The molecule has 1 aliphatic heterocycles. The maximum Gasteiger partial charge on any atom is 0.0127 e. The molecule has 1 heterocycles. The summed E-state index contributed by atoms with van der Waals surface area (Å²) in [4.78, 5) is 2.61. The summed E-state index contributed by atoms with van der Waals surface area (Å²) in [6.07, 6.45) is 3.07. The Morgan fingerprint density at radius 1 is 1.18 bits per heavy atom. The van der Waals surface area contributed by atoms with Crippen LogP contribution in [0.25, 0.3) is 0 Å². The quantitative estimate of drug-likeness (QED) is 0.508. The van der Waals surface area contributed by atoms with Crippen LogP contribution < -0.4 is 0 Å². The molecule has 11 heavy (non-hydrogen) atoms. The van der Waals surface area contributed by atoms with Gasteiger partial charge in [-0.1, -0.05) is 6.92 Å². The van der Waals surface area contributed by atoms with Gasteiger partial charge in [-0.25, -0.2) is 0 Å². The molecule has 62 valence electrons. The monoisotopic (exact) mass is 151 g/mol. The van der Waals surface area contributed by atoms with Crippen molar-refractivity contribution in [3.8, 4) is 0 Å².